The second-order valence-electron chi connectivity index (χ2n) is 5.38. The summed E-state index contributed by atoms with van der Waals surface area (Å²) in [6.45, 7) is 2.71. The molecule has 1 atom stereocenters. The molecule has 1 unspecified atom stereocenters. The molecule has 0 bridgehead atoms. The zero-order valence-electron chi connectivity index (χ0n) is 11.7. The molecule has 1 fully saturated rings. The molecule has 1 aromatic rings. The number of urea groups is 1. The van der Waals surface area contributed by atoms with Crippen molar-refractivity contribution in [3.05, 3.63) is 12.2 Å². The first-order valence-corrected chi connectivity index (χ1v) is 6.51. The molecule has 0 radical (unpaired) electrons. The third kappa shape index (κ3) is 3.06. The van der Waals surface area contributed by atoms with E-state index in [-0.39, 0.29) is 19.1 Å². The number of aliphatic carboxylic acids is 1. The highest BCUT2D eigenvalue weighted by Crippen LogP contribution is 2.29. The van der Waals surface area contributed by atoms with E-state index < -0.39 is 11.4 Å². The first kappa shape index (κ1) is 14.3. The van der Waals surface area contributed by atoms with E-state index in [1.807, 2.05) is 0 Å². The summed E-state index contributed by atoms with van der Waals surface area (Å²) in [4.78, 5) is 28.8. The highest BCUT2D eigenvalue weighted by atomic mass is 16.4. The third-order valence-corrected chi connectivity index (χ3v) is 3.54. The lowest BCUT2D eigenvalue weighted by Gasteiger charge is -2.37. The fourth-order valence-corrected chi connectivity index (χ4v) is 2.32. The maximum Gasteiger partial charge on any atom is 0.317 e. The van der Waals surface area contributed by atoms with Crippen LogP contribution in [-0.2, 0) is 18.4 Å². The molecule has 0 spiro atoms. The summed E-state index contributed by atoms with van der Waals surface area (Å²) in [7, 11) is 1.75. The van der Waals surface area contributed by atoms with Gasteiger partial charge in [-0.15, -0.1) is 0 Å². The Morgan fingerprint density at radius 2 is 2.30 bits per heavy atom. The van der Waals surface area contributed by atoms with Crippen LogP contribution in [0.25, 0.3) is 0 Å². The Bertz CT molecular complexity index is 515. The average Bonchev–Trinajstić information content (AvgIpc) is 2.81. The van der Waals surface area contributed by atoms with Crippen LogP contribution in [0.5, 0.6) is 0 Å². The van der Waals surface area contributed by atoms with Gasteiger partial charge in [0.25, 0.3) is 0 Å². The zero-order chi connectivity index (χ0) is 14.8. The predicted molar refractivity (Wildman–Crippen MR) is 69.8 cm³/mol. The molecule has 1 aliphatic rings. The van der Waals surface area contributed by atoms with Gasteiger partial charge in [-0.25, -0.2) is 9.78 Å². The number of piperidine rings is 1. The lowest BCUT2D eigenvalue weighted by atomic mass is 9.82. The minimum atomic E-state index is -0.862. The number of carbonyl (C=O) groups excluding carboxylic acids is 1. The van der Waals surface area contributed by atoms with Crippen LogP contribution in [0, 0.1) is 5.41 Å². The summed E-state index contributed by atoms with van der Waals surface area (Å²) < 4.78 is 1.56. The van der Waals surface area contributed by atoms with E-state index in [9.17, 15) is 14.7 Å². The second kappa shape index (κ2) is 5.48. The topological polar surface area (TPSA) is 100 Å². The molecule has 2 heterocycles. The maximum absolute atomic E-state index is 12.0. The smallest absolute Gasteiger partial charge is 0.317 e. The number of hydrogen-bond acceptors (Lipinski definition) is 4. The van der Waals surface area contributed by atoms with Gasteiger partial charge in [-0.1, -0.05) is 0 Å². The third-order valence-electron chi connectivity index (χ3n) is 3.54. The van der Waals surface area contributed by atoms with E-state index in [4.69, 9.17) is 0 Å². The molecule has 0 saturated carbocycles. The molecule has 110 valence electrons. The number of carboxylic acids is 1. The molecule has 0 aliphatic carbocycles. The molecule has 8 nitrogen and oxygen atoms in total. The Kier molecular flexibility index (Phi) is 3.91. The van der Waals surface area contributed by atoms with Crippen LogP contribution in [0.4, 0.5) is 4.79 Å². The number of aryl methyl sites for hydroxylation is 1. The molecule has 8 heteroatoms. The van der Waals surface area contributed by atoms with Gasteiger partial charge < -0.3 is 15.3 Å². The Morgan fingerprint density at radius 1 is 1.55 bits per heavy atom. The summed E-state index contributed by atoms with van der Waals surface area (Å²) in [5, 5.41) is 16.0. The van der Waals surface area contributed by atoms with Crippen LogP contribution in [-0.4, -0.2) is 49.9 Å². The predicted octanol–water partition coefficient (Wildman–Crippen LogP) is 0.211. The van der Waals surface area contributed by atoms with Crippen LogP contribution < -0.4 is 5.32 Å². The number of nitrogens with zero attached hydrogens (tertiary/aromatic N) is 4. The number of carbonyl (C=O) groups is 2. The van der Waals surface area contributed by atoms with Crippen molar-refractivity contribution in [1.29, 1.82) is 0 Å². The van der Waals surface area contributed by atoms with Gasteiger partial charge >= 0.3 is 12.0 Å². The molecule has 2 N–H and O–H groups in total. The van der Waals surface area contributed by atoms with Gasteiger partial charge in [-0.2, -0.15) is 5.10 Å². The Hall–Kier alpha value is -2.12. The van der Waals surface area contributed by atoms with Crippen molar-refractivity contribution in [2.24, 2.45) is 12.5 Å². The minimum absolute atomic E-state index is 0.226. The van der Waals surface area contributed by atoms with E-state index in [0.717, 1.165) is 0 Å². The summed E-state index contributed by atoms with van der Waals surface area (Å²) in [5.41, 5.74) is -0.862. The fraction of sp³-hybridized carbons (Fsp3) is 0.667. The molecule has 1 aliphatic heterocycles. The zero-order valence-corrected chi connectivity index (χ0v) is 11.7. The van der Waals surface area contributed by atoms with E-state index in [0.29, 0.717) is 25.2 Å². The number of aromatic nitrogens is 3. The molecular weight excluding hydrogens is 262 g/mol. The minimum Gasteiger partial charge on any atom is -0.481 e. The highest BCUT2D eigenvalue weighted by Gasteiger charge is 2.39. The van der Waals surface area contributed by atoms with Crippen LogP contribution in [0.1, 0.15) is 25.6 Å². The van der Waals surface area contributed by atoms with Gasteiger partial charge in [0, 0.05) is 20.1 Å². The van der Waals surface area contributed by atoms with Gasteiger partial charge in [0.05, 0.1) is 12.0 Å². The lowest BCUT2D eigenvalue weighted by Crippen LogP contribution is -2.51. The van der Waals surface area contributed by atoms with Gasteiger partial charge in [-0.05, 0) is 19.8 Å². The van der Waals surface area contributed by atoms with Crippen LogP contribution in [0.15, 0.2) is 6.33 Å². The van der Waals surface area contributed by atoms with Gasteiger partial charge in [0.15, 0.2) is 5.82 Å². The Balaban J connectivity index is 1.90. The SMILES string of the molecule is Cn1cnc(CNC(=O)N2CCCC(C)(C(=O)O)C2)n1. The fourth-order valence-electron chi connectivity index (χ4n) is 2.32. The van der Waals surface area contributed by atoms with Gasteiger partial charge in [0.2, 0.25) is 0 Å². The van der Waals surface area contributed by atoms with Crippen molar-refractivity contribution in [3.63, 3.8) is 0 Å². The van der Waals surface area contributed by atoms with Crippen molar-refractivity contribution in [1.82, 2.24) is 25.0 Å². The average molecular weight is 281 g/mol. The molecule has 2 rings (SSSR count). The van der Waals surface area contributed by atoms with E-state index in [2.05, 4.69) is 15.4 Å². The van der Waals surface area contributed by atoms with Crippen molar-refractivity contribution >= 4 is 12.0 Å². The van der Waals surface area contributed by atoms with E-state index >= 15 is 0 Å². The first-order chi connectivity index (χ1) is 9.40. The van der Waals surface area contributed by atoms with Gasteiger partial charge in [0.1, 0.15) is 6.33 Å². The Morgan fingerprint density at radius 3 is 2.90 bits per heavy atom. The molecule has 1 aromatic heterocycles. The lowest BCUT2D eigenvalue weighted by molar-refractivity contribution is -0.150. The Labute approximate surface area is 116 Å². The largest absolute Gasteiger partial charge is 0.481 e. The molecule has 1 saturated heterocycles. The van der Waals surface area contributed by atoms with Crippen molar-refractivity contribution in [2.45, 2.75) is 26.3 Å². The number of nitrogens with one attached hydrogen (secondary N) is 1. The normalized spacial score (nSPS) is 22.6. The first-order valence-electron chi connectivity index (χ1n) is 6.51. The number of carboxylic acid groups (broad SMARTS) is 1. The number of amides is 2. The van der Waals surface area contributed by atoms with Crippen molar-refractivity contribution in [3.8, 4) is 0 Å². The molecule has 0 aromatic carbocycles. The van der Waals surface area contributed by atoms with Crippen LogP contribution in [0.3, 0.4) is 0 Å². The van der Waals surface area contributed by atoms with Crippen LogP contribution in [0.2, 0.25) is 0 Å². The van der Waals surface area contributed by atoms with E-state index in [1.54, 1.807) is 29.9 Å². The maximum atomic E-state index is 12.0. The number of likely N-dealkylation sites (tertiary alicyclic amines) is 1. The molecule has 2 amide bonds. The monoisotopic (exact) mass is 281 g/mol. The van der Waals surface area contributed by atoms with E-state index in [1.165, 1.54) is 0 Å². The van der Waals surface area contributed by atoms with Crippen molar-refractivity contribution < 1.29 is 14.7 Å². The highest BCUT2D eigenvalue weighted by molar-refractivity contribution is 5.78. The summed E-state index contributed by atoms with van der Waals surface area (Å²) >= 11 is 0. The van der Waals surface area contributed by atoms with Gasteiger partial charge in [-0.3, -0.25) is 9.48 Å². The second-order valence-corrected chi connectivity index (χ2v) is 5.38. The van der Waals surface area contributed by atoms with Crippen molar-refractivity contribution in [2.75, 3.05) is 13.1 Å². The standard InChI is InChI=1S/C12H19N5O3/c1-12(10(18)19)4-3-5-17(7-12)11(20)13-6-9-14-8-16(2)15-9/h8H,3-7H2,1-2H3,(H,13,20)(H,18,19). The number of rotatable bonds is 3. The van der Waals surface area contributed by atoms with Crippen LogP contribution >= 0.6 is 0 Å². The summed E-state index contributed by atoms with van der Waals surface area (Å²) in [6, 6.07) is -0.273. The molecule has 20 heavy (non-hydrogen) atoms. The summed E-state index contributed by atoms with van der Waals surface area (Å²) in [6.07, 6.45) is 2.84. The quantitative estimate of drug-likeness (QED) is 0.825. The number of hydrogen-bond donors (Lipinski definition) is 2. The summed E-state index contributed by atoms with van der Waals surface area (Å²) in [5.74, 6) is -0.333. The molecular formula is C12H19N5O3.